The minimum atomic E-state index is 0.206. The largest absolute Gasteiger partial charge is 0.325 e. The molecule has 1 nitrogen and oxygen atoms in total. The Kier molecular flexibility index (Phi) is 3.53. The van der Waals surface area contributed by atoms with Gasteiger partial charge in [-0.1, -0.05) is 26.0 Å². The van der Waals surface area contributed by atoms with Gasteiger partial charge in [-0.15, -0.1) is 0 Å². The molecule has 0 fully saturated rings. The topological polar surface area (TPSA) is 26.0 Å². The third kappa shape index (κ3) is 5.70. The Bertz CT molecular complexity index is 62.5. The van der Waals surface area contributed by atoms with Crippen LogP contribution in [-0.4, -0.2) is 6.04 Å². The molecule has 0 aliphatic heterocycles. The molecular formula is C7H15N. The summed E-state index contributed by atoms with van der Waals surface area (Å²) in [5, 5.41) is 0. The van der Waals surface area contributed by atoms with E-state index in [0.29, 0.717) is 5.92 Å². The molecule has 1 unspecified atom stereocenters. The van der Waals surface area contributed by atoms with E-state index in [9.17, 15) is 0 Å². The van der Waals surface area contributed by atoms with Gasteiger partial charge in [0.05, 0.1) is 0 Å². The van der Waals surface area contributed by atoms with E-state index >= 15 is 0 Å². The molecule has 48 valence electrons. The van der Waals surface area contributed by atoms with E-state index in [2.05, 4.69) is 19.9 Å². The molecule has 0 spiro atoms. The molecule has 1 heteroatoms. The molecule has 8 heavy (non-hydrogen) atoms. The quantitative estimate of drug-likeness (QED) is 0.540. The normalized spacial score (nSPS) is 15.6. The number of hydrogen-bond acceptors (Lipinski definition) is 1. The maximum absolute atomic E-state index is 5.45. The zero-order valence-corrected chi connectivity index (χ0v) is 5.89. The summed E-state index contributed by atoms with van der Waals surface area (Å²) < 4.78 is 0. The summed E-state index contributed by atoms with van der Waals surface area (Å²) in [5.41, 5.74) is 5.45. The van der Waals surface area contributed by atoms with Crippen LogP contribution in [0.5, 0.6) is 0 Å². The molecule has 0 amide bonds. The molecule has 0 saturated heterocycles. The summed E-state index contributed by atoms with van der Waals surface area (Å²) in [6.45, 7) is 6.25. The van der Waals surface area contributed by atoms with Crippen LogP contribution in [0, 0.1) is 5.92 Å². The molecule has 1 atom stereocenters. The Morgan fingerprint density at radius 3 is 1.75 bits per heavy atom. The van der Waals surface area contributed by atoms with Gasteiger partial charge in [-0.25, -0.2) is 0 Å². The van der Waals surface area contributed by atoms with Crippen LogP contribution in [0.4, 0.5) is 0 Å². The molecule has 0 aromatic carbocycles. The van der Waals surface area contributed by atoms with Crippen LogP contribution in [-0.2, 0) is 0 Å². The second-order valence-corrected chi connectivity index (χ2v) is 2.49. The Morgan fingerprint density at radius 1 is 1.12 bits per heavy atom. The summed E-state index contributed by atoms with van der Waals surface area (Å²) in [4.78, 5) is 0. The van der Waals surface area contributed by atoms with Gasteiger partial charge in [0.25, 0.3) is 0 Å². The summed E-state index contributed by atoms with van der Waals surface area (Å²) in [7, 11) is 0. The monoisotopic (exact) mass is 113 g/mol. The van der Waals surface area contributed by atoms with Crippen LogP contribution in [0.1, 0.15) is 20.8 Å². The molecule has 0 heterocycles. The van der Waals surface area contributed by atoms with E-state index < -0.39 is 0 Å². The minimum Gasteiger partial charge on any atom is -0.325 e. The fourth-order valence-electron chi connectivity index (χ4n) is 0.397. The van der Waals surface area contributed by atoms with E-state index in [0.717, 1.165) is 0 Å². The predicted octanol–water partition coefficient (Wildman–Crippen LogP) is 1.55. The van der Waals surface area contributed by atoms with Gasteiger partial charge in [-0.2, -0.15) is 0 Å². The smallest absolute Gasteiger partial charge is 0.0194 e. The van der Waals surface area contributed by atoms with Crippen LogP contribution >= 0.6 is 0 Å². The standard InChI is InChI=1S/C7H15N/c1-6(2)4-5-7(3)8/h4-7H,8H2,1-3H3/b5-4+. The Hall–Kier alpha value is -0.300. The lowest BCUT2D eigenvalue weighted by atomic mass is 10.2. The van der Waals surface area contributed by atoms with Gasteiger partial charge in [0, 0.05) is 6.04 Å². The van der Waals surface area contributed by atoms with Crippen LogP contribution < -0.4 is 5.73 Å². The van der Waals surface area contributed by atoms with Gasteiger partial charge >= 0.3 is 0 Å². The van der Waals surface area contributed by atoms with E-state index in [1.54, 1.807) is 0 Å². The third-order valence-corrected chi connectivity index (χ3v) is 0.800. The first kappa shape index (κ1) is 7.70. The van der Waals surface area contributed by atoms with Crippen molar-refractivity contribution in [2.24, 2.45) is 11.7 Å². The molecule has 0 saturated carbocycles. The second-order valence-electron chi connectivity index (χ2n) is 2.49. The first-order valence-electron chi connectivity index (χ1n) is 3.07. The Morgan fingerprint density at radius 2 is 1.62 bits per heavy atom. The summed E-state index contributed by atoms with van der Waals surface area (Å²) in [6.07, 6.45) is 4.13. The minimum absolute atomic E-state index is 0.206. The van der Waals surface area contributed by atoms with E-state index in [-0.39, 0.29) is 6.04 Å². The highest BCUT2D eigenvalue weighted by atomic mass is 14.6. The highest BCUT2D eigenvalue weighted by Gasteiger charge is 1.85. The van der Waals surface area contributed by atoms with Gasteiger partial charge in [0.1, 0.15) is 0 Å². The molecule has 2 N–H and O–H groups in total. The van der Waals surface area contributed by atoms with Crippen LogP contribution in [0.15, 0.2) is 12.2 Å². The van der Waals surface area contributed by atoms with E-state index in [4.69, 9.17) is 5.73 Å². The third-order valence-electron chi connectivity index (χ3n) is 0.800. The zero-order chi connectivity index (χ0) is 6.57. The van der Waals surface area contributed by atoms with E-state index in [1.165, 1.54) is 0 Å². The molecule has 0 aliphatic rings. The average molecular weight is 113 g/mol. The zero-order valence-electron chi connectivity index (χ0n) is 5.89. The summed E-state index contributed by atoms with van der Waals surface area (Å²) in [6, 6.07) is 0.206. The van der Waals surface area contributed by atoms with Crippen LogP contribution in [0.3, 0.4) is 0 Å². The first-order chi connectivity index (χ1) is 3.63. The lowest BCUT2D eigenvalue weighted by molar-refractivity contribution is 0.811. The number of rotatable bonds is 2. The molecule has 0 aromatic rings. The van der Waals surface area contributed by atoms with Gasteiger partial charge in [0.2, 0.25) is 0 Å². The lowest BCUT2D eigenvalue weighted by Gasteiger charge is -1.95. The van der Waals surface area contributed by atoms with Crippen molar-refractivity contribution in [1.82, 2.24) is 0 Å². The Balaban J connectivity index is 3.34. The van der Waals surface area contributed by atoms with Crippen molar-refractivity contribution in [3.63, 3.8) is 0 Å². The van der Waals surface area contributed by atoms with Gasteiger partial charge < -0.3 is 5.73 Å². The molecule has 0 aliphatic carbocycles. The van der Waals surface area contributed by atoms with Gasteiger partial charge in [-0.05, 0) is 12.8 Å². The van der Waals surface area contributed by atoms with Crippen LogP contribution in [0.2, 0.25) is 0 Å². The molecule has 0 aromatic heterocycles. The summed E-state index contributed by atoms with van der Waals surface area (Å²) in [5.74, 6) is 0.626. The molecular weight excluding hydrogens is 98.1 g/mol. The van der Waals surface area contributed by atoms with Gasteiger partial charge in [0.15, 0.2) is 0 Å². The molecule has 0 bridgehead atoms. The predicted molar refractivity (Wildman–Crippen MR) is 37.6 cm³/mol. The number of allylic oxidation sites excluding steroid dienone is 1. The average Bonchev–Trinajstić information content (AvgIpc) is 1.61. The summed E-state index contributed by atoms with van der Waals surface area (Å²) >= 11 is 0. The fraction of sp³-hybridized carbons (Fsp3) is 0.714. The lowest BCUT2D eigenvalue weighted by Crippen LogP contribution is -2.10. The highest BCUT2D eigenvalue weighted by molar-refractivity contribution is 4.90. The number of nitrogens with two attached hydrogens (primary N) is 1. The van der Waals surface area contributed by atoms with Crippen molar-refractivity contribution >= 4 is 0 Å². The van der Waals surface area contributed by atoms with Gasteiger partial charge in [-0.3, -0.25) is 0 Å². The fourth-order valence-corrected chi connectivity index (χ4v) is 0.397. The van der Waals surface area contributed by atoms with Crippen LogP contribution in [0.25, 0.3) is 0 Å². The van der Waals surface area contributed by atoms with Crippen molar-refractivity contribution in [2.75, 3.05) is 0 Å². The van der Waals surface area contributed by atoms with Crippen molar-refractivity contribution in [1.29, 1.82) is 0 Å². The molecule has 0 radical (unpaired) electrons. The molecule has 0 rings (SSSR count). The first-order valence-corrected chi connectivity index (χ1v) is 3.07. The maximum Gasteiger partial charge on any atom is 0.0194 e. The van der Waals surface area contributed by atoms with Crippen molar-refractivity contribution in [3.8, 4) is 0 Å². The van der Waals surface area contributed by atoms with Crippen molar-refractivity contribution in [2.45, 2.75) is 26.8 Å². The second kappa shape index (κ2) is 3.67. The maximum atomic E-state index is 5.45. The van der Waals surface area contributed by atoms with E-state index in [1.807, 2.05) is 13.0 Å². The SMILES string of the molecule is CC(C)/C=C/C(C)N. The van der Waals surface area contributed by atoms with Crippen molar-refractivity contribution in [3.05, 3.63) is 12.2 Å². The number of hydrogen-bond donors (Lipinski definition) is 1. The Labute approximate surface area is 51.6 Å². The highest BCUT2D eigenvalue weighted by Crippen LogP contribution is 1.93. The van der Waals surface area contributed by atoms with Crippen molar-refractivity contribution < 1.29 is 0 Å².